The van der Waals surface area contributed by atoms with Crippen LogP contribution in [-0.4, -0.2) is 25.9 Å². The van der Waals surface area contributed by atoms with E-state index >= 15 is 0 Å². The molecule has 0 amide bonds. The summed E-state index contributed by atoms with van der Waals surface area (Å²) in [6, 6.07) is 5.16. The van der Waals surface area contributed by atoms with Crippen molar-refractivity contribution in [2.75, 3.05) is 20.4 Å². The Balaban J connectivity index is 2.05. The van der Waals surface area contributed by atoms with E-state index < -0.39 is 7.80 Å². The molecule has 1 saturated carbocycles. The summed E-state index contributed by atoms with van der Waals surface area (Å²) in [6.45, 7) is 0. The number of rotatable bonds is 7. The molecule has 1 aromatic rings. The minimum atomic E-state index is -2.33. The van der Waals surface area contributed by atoms with Crippen LogP contribution >= 0.6 is 7.80 Å². The first-order valence-corrected chi connectivity index (χ1v) is 9.57. The molecule has 1 aliphatic carbocycles. The lowest BCUT2D eigenvalue weighted by Gasteiger charge is -2.21. The lowest BCUT2D eigenvalue weighted by atomic mass is 9.88. The van der Waals surface area contributed by atoms with Crippen LogP contribution in [0.25, 0.3) is 0 Å². The smallest absolute Gasteiger partial charge is 0.225 e. The van der Waals surface area contributed by atoms with Gasteiger partial charge < -0.3 is 14.0 Å². The lowest BCUT2D eigenvalue weighted by molar-refractivity contribution is 0.107. The third kappa shape index (κ3) is 4.13. The van der Waals surface area contributed by atoms with Gasteiger partial charge in [-0.25, -0.2) is 0 Å². The third-order valence-electron chi connectivity index (χ3n) is 4.41. The highest BCUT2D eigenvalue weighted by Gasteiger charge is 2.24. The van der Waals surface area contributed by atoms with Crippen LogP contribution < -0.4 is 9.47 Å². The average Bonchev–Trinajstić information content (AvgIpc) is 2.59. The topological polar surface area (TPSA) is 52.6 Å². The van der Waals surface area contributed by atoms with E-state index in [1.807, 2.05) is 0 Å². The maximum absolute atomic E-state index is 12.5. The van der Waals surface area contributed by atoms with Gasteiger partial charge in [0, 0.05) is 6.16 Å². The zero-order chi connectivity index (χ0) is 15.9. The summed E-state index contributed by atoms with van der Waals surface area (Å²) in [6.07, 6.45) is 7.64. The molecule has 0 heterocycles. The Kier molecular flexibility index (Phi) is 6.50. The Morgan fingerprint density at radius 3 is 2.27 bits per heavy atom. The van der Waals surface area contributed by atoms with Crippen molar-refractivity contribution < 1.29 is 18.8 Å². The second-order valence-corrected chi connectivity index (χ2v) is 7.63. The van der Waals surface area contributed by atoms with Crippen molar-refractivity contribution in [3.8, 4) is 11.5 Å². The number of benzene rings is 1. The van der Waals surface area contributed by atoms with Gasteiger partial charge in [-0.05, 0) is 24.5 Å². The maximum atomic E-state index is 12.5. The van der Waals surface area contributed by atoms with Crippen molar-refractivity contribution in [3.05, 3.63) is 23.8 Å². The average molecular weight is 324 g/mol. The summed E-state index contributed by atoms with van der Waals surface area (Å²) < 4.78 is 22.9. The van der Waals surface area contributed by atoms with Crippen LogP contribution in [0.3, 0.4) is 0 Å². The molecule has 4 nitrogen and oxygen atoms in total. The van der Waals surface area contributed by atoms with Crippen LogP contribution in [0.5, 0.6) is 11.5 Å². The molecule has 122 valence electrons. The number of carbonyl (C=O) groups excluding carboxylic acids is 1. The van der Waals surface area contributed by atoms with Crippen LogP contribution in [-0.2, 0) is 4.57 Å². The Morgan fingerprint density at radius 1 is 1.14 bits per heavy atom. The molecule has 22 heavy (non-hydrogen) atoms. The van der Waals surface area contributed by atoms with E-state index in [9.17, 15) is 9.36 Å². The number of methoxy groups -OCH3 is 2. The van der Waals surface area contributed by atoms with Crippen LogP contribution in [0.4, 0.5) is 0 Å². The van der Waals surface area contributed by atoms with Crippen molar-refractivity contribution in [3.63, 3.8) is 0 Å². The van der Waals surface area contributed by atoms with Crippen LogP contribution in [0, 0.1) is 5.92 Å². The first-order valence-electron chi connectivity index (χ1n) is 7.96. The van der Waals surface area contributed by atoms with Gasteiger partial charge in [0.25, 0.3) is 0 Å². The summed E-state index contributed by atoms with van der Waals surface area (Å²) in [5.74, 6) is 1.50. The van der Waals surface area contributed by atoms with E-state index in [0.717, 1.165) is 6.42 Å². The van der Waals surface area contributed by atoms with Crippen molar-refractivity contribution in [2.45, 2.75) is 38.5 Å². The van der Waals surface area contributed by atoms with Gasteiger partial charge in [-0.2, -0.15) is 0 Å². The Labute approximate surface area is 133 Å². The zero-order valence-electron chi connectivity index (χ0n) is 13.4. The standard InChI is InChI=1S/C17H25O4P/c1-20-14-9-6-10-15(21-2)16(14)17(18)22(19)12-11-13-7-4-3-5-8-13/h6,9-10,13,22H,3-5,7-8,11-12H2,1-2H3. The van der Waals surface area contributed by atoms with Crippen LogP contribution in [0.15, 0.2) is 18.2 Å². The molecule has 0 N–H and O–H groups in total. The van der Waals surface area contributed by atoms with E-state index in [1.54, 1.807) is 18.2 Å². The first-order chi connectivity index (χ1) is 10.7. The summed E-state index contributed by atoms with van der Waals surface area (Å²) in [5.41, 5.74) is -0.00450. The monoisotopic (exact) mass is 324 g/mol. The van der Waals surface area contributed by atoms with Gasteiger partial charge in [0.2, 0.25) is 5.52 Å². The normalized spacial score (nSPS) is 17.0. The second-order valence-electron chi connectivity index (χ2n) is 5.83. The summed E-state index contributed by atoms with van der Waals surface area (Å²) in [5, 5.41) is 0. The molecule has 1 atom stereocenters. The highest BCUT2D eigenvalue weighted by atomic mass is 31.1. The number of carbonyl (C=O) groups is 1. The van der Waals surface area contributed by atoms with Crippen molar-refractivity contribution in [1.29, 1.82) is 0 Å². The molecule has 1 aliphatic rings. The van der Waals surface area contributed by atoms with Gasteiger partial charge >= 0.3 is 0 Å². The van der Waals surface area contributed by atoms with E-state index in [-0.39, 0.29) is 5.52 Å². The first kappa shape index (κ1) is 17.1. The quantitative estimate of drug-likeness (QED) is 0.699. The molecule has 0 saturated heterocycles. The zero-order valence-corrected chi connectivity index (χ0v) is 14.4. The van der Waals surface area contributed by atoms with Crippen molar-refractivity contribution >= 4 is 13.3 Å². The molecular weight excluding hydrogens is 299 g/mol. The molecule has 0 spiro atoms. The number of ether oxygens (including phenoxy) is 2. The number of hydrogen-bond donors (Lipinski definition) is 0. The lowest BCUT2D eigenvalue weighted by Crippen LogP contribution is -2.08. The molecular formula is C17H25O4P. The van der Waals surface area contributed by atoms with E-state index in [2.05, 4.69) is 0 Å². The van der Waals surface area contributed by atoms with Gasteiger partial charge in [-0.1, -0.05) is 38.2 Å². The fourth-order valence-corrected chi connectivity index (χ4v) is 4.56. The summed E-state index contributed by atoms with van der Waals surface area (Å²) >= 11 is 0. The van der Waals surface area contributed by atoms with Gasteiger partial charge in [-0.3, -0.25) is 4.79 Å². The fourth-order valence-electron chi connectivity index (χ4n) is 3.14. The molecule has 2 rings (SSSR count). The highest BCUT2D eigenvalue weighted by molar-refractivity contribution is 7.64. The predicted octanol–water partition coefficient (Wildman–Crippen LogP) is 4.37. The summed E-state index contributed by atoms with van der Waals surface area (Å²) in [7, 11) is 0.678. The minimum Gasteiger partial charge on any atom is -0.496 e. The summed E-state index contributed by atoms with van der Waals surface area (Å²) in [4.78, 5) is 12.5. The van der Waals surface area contributed by atoms with E-state index in [0.29, 0.717) is 29.1 Å². The van der Waals surface area contributed by atoms with Gasteiger partial charge in [0.15, 0.2) is 0 Å². The molecule has 1 fully saturated rings. The fraction of sp³-hybridized carbons (Fsp3) is 0.588. The van der Waals surface area contributed by atoms with Crippen molar-refractivity contribution in [2.24, 2.45) is 5.92 Å². The molecule has 0 aliphatic heterocycles. The van der Waals surface area contributed by atoms with Gasteiger partial charge in [-0.15, -0.1) is 0 Å². The maximum Gasteiger partial charge on any atom is 0.225 e. The molecule has 0 aromatic heterocycles. The van der Waals surface area contributed by atoms with Gasteiger partial charge in [0.05, 0.1) is 14.2 Å². The highest BCUT2D eigenvalue weighted by Crippen LogP contribution is 2.39. The third-order valence-corrected chi connectivity index (χ3v) is 5.91. The second kappa shape index (κ2) is 8.38. The largest absolute Gasteiger partial charge is 0.496 e. The van der Waals surface area contributed by atoms with E-state index in [1.165, 1.54) is 46.3 Å². The predicted molar refractivity (Wildman–Crippen MR) is 88.9 cm³/mol. The molecule has 5 heteroatoms. The Bertz CT molecular complexity index is 513. The SMILES string of the molecule is COc1cccc(OC)c1C(=O)[PH](=O)CCC1CCCCC1. The Hall–Kier alpha value is -1.28. The minimum absolute atomic E-state index is 0.319. The molecule has 0 bridgehead atoms. The van der Waals surface area contributed by atoms with Crippen LogP contribution in [0.2, 0.25) is 0 Å². The van der Waals surface area contributed by atoms with Crippen LogP contribution in [0.1, 0.15) is 48.9 Å². The van der Waals surface area contributed by atoms with Gasteiger partial charge in [0.1, 0.15) is 24.9 Å². The van der Waals surface area contributed by atoms with Crippen molar-refractivity contribution in [1.82, 2.24) is 0 Å². The Morgan fingerprint density at radius 2 is 1.73 bits per heavy atom. The van der Waals surface area contributed by atoms with E-state index in [4.69, 9.17) is 9.47 Å². The number of hydrogen-bond acceptors (Lipinski definition) is 4. The molecule has 1 aromatic carbocycles. The molecule has 1 unspecified atom stereocenters. The molecule has 0 radical (unpaired) electrons.